The van der Waals surface area contributed by atoms with E-state index in [-0.39, 0.29) is 29.4 Å². The maximum absolute atomic E-state index is 4.72. The Balaban J connectivity index is 0.00000280. The minimum atomic E-state index is 0. The largest absolute Gasteiger partial charge is 0.357 e. The van der Waals surface area contributed by atoms with E-state index in [4.69, 9.17) is 4.99 Å². The van der Waals surface area contributed by atoms with Gasteiger partial charge in [-0.15, -0.1) is 34.2 Å². The summed E-state index contributed by atoms with van der Waals surface area (Å²) >= 11 is 3.63. The molecule has 1 aliphatic rings. The first-order valence-corrected chi connectivity index (χ1v) is 10.5. The van der Waals surface area contributed by atoms with Crippen LogP contribution in [0.1, 0.15) is 49.8 Å². The van der Waals surface area contributed by atoms with Crippen molar-refractivity contribution in [2.24, 2.45) is 12.0 Å². The van der Waals surface area contributed by atoms with Crippen LogP contribution in [0.5, 0.6) is 0 Å². The molecule has 1 aliphatic carbocycles. The molecule has 1 fully saturated rings. The molecular formula is C20H30BrIN6. The van der Waals surface area contributed by atoms with Gasteiger partial charge in [0.1, 0.15) is 12.4 Å². The number of hydrogen-bond acceptors (Lipinski definition) is 3. The van der Waals surface area contributed by atoms with Gasteiger partial charge in [-0.3, -0.25) is 0 Å². The van der Waals surface area contributed by atoms with Crippen LogP contribution in [0.3, 0.4) is 0 Å². The van der Waals surface area contributed by atoms with Gasteiger partial charge in [-0.25, -0.2) is 4.99 Å². The van der Waals surface area contributed by atoms with Gasteiger partial charge < -0.3 is 15.2 Å². The van der Waals surface area contributed by atoms with E-state index in [9.17, 15) is 0 Å². The van der Waals surface area contributed by atoms with Crippen LogP contribution >= 0.6 is 39.9 Å². The number of aromatic nitrogens is 3. The van der Waals surface area contributed by atoms with Gasteiger partial charge in [0.25, 0.3) is 0 Å². The van der Waals surface area contributed by atoms with Gasteiger partial charge in [0.05, 0.1) is 0 Å². The van der Waals surface area contributed by atoms with E-state index in [1.54, 1.807) is 0 Å². The third kappa shape index (κ3) is 5.46. The molecule has 1 saturated carbocycles. The zero-order chi connectivity index (χ0) is 19.3. The van der Waals surface area contributed by atoms with Crippen LogP contribution in [-0.2, 0) is 19.0 Å². The summed E-state index contributed by atoms with van der Waals surface area (Å²) in [6.07, 6.45) is 4.97. The number of benzene rings is 1. The number of aryl methyl sites for hydroxylation is 1. The Hall–Kier alpha value is -1.16. The third-order valence-electron chi connectivity index (χ3n) is 5.50. The van der Waals surface area contributed by atoms with Gasteiger partial charge in [0, 0.05) is 30.0 Å². The molecule has 8 heteroatoms. The summed E-state index contributed by atoms with van der Waals surface area (Å²) in [7, 11) is 1.97. The fourth-order valence-corrected chi connectivity index (χ4v) is 4.17. The van der Waals surface area contributed by atoms with Crippen molar-refractivity contribution in [1.29, 1.82) is 0 Å². The van der Waals surface area contributed by atoms with E-state index in [0.717, 1.165) is 35.2 Å². The number of halogens is 2. The van der Waals surface area contributed by atoms with Crippen LogP contribution in [0, 0.1) is 6.92 Å². The predicted octanol–water partition coefficient (Wildman–Crippen LogP) is 4.07. The summed E-state index contributed by atoms with van der Waals surface area (Å²) < 4.78 is 3.12. The minimum Gasteiger partial charge on any atom is -0.357 e. The highest BCUT2D eigenvalue weighted by Crippen LogP contribution is 2.41. The Kier molecular flexibility index (Phi) is 8.73. The van der Waals surface area contributed by atoms with E-state index in [2.05, 4.69) is 68.0 Å². The van der Waals surface area contributed by atoms with Crippen LogP contribution in [0.2, 0.25) is 0 Å². The number of nitrogens with zero attached hydrogens (tertiary/aromatic N) is 4. The molecule has 0 unspecified atom stereocenters. The highest BCUT2D eigenvalue weighted by atomic mass is 127. The molecule has 0 saturated heterocycles. The summed E-state index contributed by atoms with van der Waals surface area (Å²) in [6, 6.07) is 8.74. The van der Waals surface area contributed by atoms with Crippen molar-refractivity contribution in [2.45, 2.75) is 51.5 Å². The first kappa shape index (κ1) is 23.1. The van der Waals surface area contributed by atoms with Crippen molar-refractivity contribution in [1.82, 2.24) is 25.4 Å². The molecule has 0 spiro atoms. The molecule has 2 aromatic rings. The lowest BCUT2D eigenvalue weighted by Gasteiger charge is -2.31. The van der Waals surface area contributed by atoms with Gasteiger partial charge in [-0.2, -0.15) is 0 Å². The zero-order valence-electron chi connectivity index (χ0n) is 16.8. The van der Waals surface area contributed by atoms with Crippen molar-refractivity contribution in [2.75, 3.05) is 13.1 Å². The van der Waals surface area contributed by atoms with E-state index < -0.39 is 0 Å². The Morgan fingerprint density at radius 1 is 1.25 bits per heavy atom. The highest BCUT2D eigenvalue weighted by molar-refractivity contribution is 14.0. The molecule has 1 aromatic heterocycles. The van der Waals surface area contributed by atoms with Gasteiger partial charge in [-0.05, 0) is 44.4 Å². The van der Waals surface area contributed by atoms with E-state index in [1.807, 2.05) is 18.5 Å². The van der Waals surface area contributed by atoms with Crippen molar-refractivity contribution >= 4 is 45.9 Å². The Morgan fingerprint density at radius 2 is 2.00 bits per heavy atom. The lowest BCUT2D eigenvalue weighted by Crippen LogP contribution is -2.44. The number of aliphatic imine (C=N–C) groups is 1. The Bertz CT molecular complexity index is 798. The molecule has 0 aliphatic heterocycles. The molecule has 6 nitrogen and oxygen atoms in total. The number of hydrogen-bond donors (Lipinski definition) is 2. The Morgan fingerprint density at radius 3 is 2.61 bits per heavy atom. The average Bonchev–Trinajstić information content (AvgIpc) is 3.26. The lowest BCUT2D eigenvalue weighted by molar-refractivity contribution is 0.431. The normalized spacial score (nSPS) is 15.9. The van der Waals surface area contributed by atoms with E-state index >= 15 is 0 Å². The maximum atomic E-state index is 4.72. The summed E-state index contributed by atoms with van der Waals surface area (Å²) in [5.74, 6) is 2.60. The van der Waals surface area contributed by atoms with Gasteiger partial charge in [0.2, 0.25) is 0 Å². The van der Waals surface area contributed by atoms with Crippen LogP contribution < -0.4 is 10.6 Å². The van der Waals surface area contributed by atoms with Crippen LogP contribution in [0.15, 0.2) is 33.7 Å². The summed E-state index contributed by atoms with van der Waals surface area (Å²) in [4.78, 5) is 4.72. The number of rotatable bonds is 6. The second kappa shape index (κ2) is 10.6. The molecule has 154 valence electrons. The van der Waals surface area contributed by atoms with Gasteiger partial charge in [-0.1, -0.05) is 40.9 Å². The fourth-order valence-electron chi connectivity index (χ4n) is 3.77. The first-order chi connectivity index (χ1) is 13.0. The maximum Gasteiger partial charge on any atom is 0.191 e. The quantitative estimate of drug-likeness (QED) is 0.317. The number of guanidine groups is 1. The molecule has 0 amide bonds. The second-order valence-corrected chi connectivity index (χ2v) is 8.18. The van der Waals surface area contributed by atoms with Crippen molar-refractivity contribution in [3.05, 3.63) is 46.0 Å². The monoisotopic (exact) mass is 560 g/mol. The minimum absolute atomic E-state index is 0. The molecule has 0 atom stereocenters. The summed E-state index contributed by atoms with van der Waals surface area (Å²) in [5.41, 5.74) is 1.57. The standard InChI is InChI=1S/C20H29BrN6.HI/c1-4-22-19(23-13-18-26-25-15(2)27(18)3)24-14-20(10-5-6-11-20)16-8-7-9-17(21)12-16;/h7-9,12H,4-6,10-11,13-14H2,1-3H3,(H2,22,23,24);1H. The molecular weight excluding hydrogens is 531 g/mol. The summed E-state index contributed by atoms with van der Waals surface area (Å²) in [6.45, 7) is 6.26. The molecule has 1 heterocycles. The van der Waals surface area contributed by atoms with Crippen molar-refractivity contribution < 1.29 is 0 Å². The topological polar surface area (TPSA) is 67.1 Å². The zero-order valence-corrected chi connectivity index (χ0v) is 20.8. The van der Waals surface area contributed by atoms with Crippen LogP contribution in [0.25, 0.3) is 0 Å². The molecule has 3 rings (SSSR count). The van der Waals surface area contributed by atoms with E-state index in [0.29, 0.717) is 6.54 Å². The molecule has 28 heavy (non-hydrogen) atoms. The van der Waals surface area contributed by atoms with Crippen LogP contribution in [-0.4, -0.2) is 33.8 Å². The fraction of sp³-hybridized carbons (Fsp3) is 0.550. The van der Waals surface area contributed by atoms with Crippen molar-refractivity contribution in [3.8, 4) is 0 Å². The molecule has 1 aromatic carbocycles. The first-order valence-electron chi connectivity index (χ1n) is 9.67. The third-order valence-corrected chi connectivity index (χ3v) is 5.99. The number of nitrogens with one attached hydrogen (secondary N) is 2. The van der Waals surface area contributed by atoms with Crippen molar-refractivity contribution in [3.63, 3.8) is 0 Å². The second-order valence-electron chi connectivity index (χ2n) is 7.27. The van der Waals surface area contributed by atoms with Crippen LogP contribution in [0.4, 0.5) is 0 Å². The molecule has 0 bridgehead atoms. The smallest absolute Gasteiger partial charge is 0.191 e. The lowest BCUT2D eigenvalue weighted by atomic mass is 9.79. The van der Waals surface area contributed by atoms with E-state index in [1.165, 1.54) is 31.2 Å². The average molecular weight is 561 g/mol. The Labute approximate surface area is 193 Å². The summed E-state index contributed by atoms with van der Waals surface area (Å²) in [5, 5.41) is 15.2. The van der Waals surface area contributed by atoms with Gasteiger partial charge >= 0.3 is 0 Å². The predicted molar refractivity (Wildman–Crippen MR) is 128 cm³/mol. The molecule has 2 N–H and O–H groups in total. The molecule has 0 radical (unpaired) electrons. The SMILES string of the molecule is CCNC(=NCc1nnc(C)n1C)NCC1(c2cccc(Br)c2)CCCC1.I. The highest BCUT2D eigenvalue weighted by Gasteiger charge is 2.35. The van der Waals surface area contributed by atoms with Gasteiger partial charge in [0.15, 0.2) is 11.8 Å².